The van der Waals surface area contributed by atoms with E-state index in [-0.39, 0.29) is 11.2 Å². The molecule has 0 saturated heterocycles. The largest absolute Gasteiger partial charge is 0.360 e. The Morgan fingerprint density at radius 1 is 1.30 bits per heavy atom. The molecule has 0 bridgehead atoms. The van der Waals surface area contributed by atoms with E-state index in [1.54, 1.807) is 11.3 Å². The van der Waals surface area contributed by atoms with E-state index in [1.807, 2.05) is 30.0 Å². The average molecular weight is 417 g/mol. The lowest BCUT2D eigenvalue weighted by Crippen LogP contribution is -2.35. The number of hydrogen-bond donors (Lipinski definition) is 1. The predicted octanol–water partition coefficient (Wildman–Crippen LogP) is 4.32. The van der Waals surface area contributed by atoms with Gasteiger partial charge in [-0.3, -0.25) is 4.79 Å². The number of nitrogens with zero attached hydrogens (tertiary/aromatic N) is 3. The summed E-state index contributed by atoms with van der Waals surface area (Å²) in [6.07, 6.45) is 1.90. The molecule has 1 amide bonds. The van der Waals surface area contributed by atoms with Gasteiger partial charge in [-0.2, -0.15) is 0 Å². The highest BCUT2D eigenvalue weighted by molar-refractivity contribution is 8.02. The van der Waals surface area contributed by atoms with E-state index in [2.05, 4.69) is 39.1 Å². The first-order valence-corrected chi connectivity index (χ1v) is 11.4. The van der Waals surface area contributed by atoms with Crippen molar-refractivity contribution in [1.29, 1.82) is 0 Å². The molecule has 1 N–H and O–H groups in total. The molecule has 3 aromatic rings. The number of fused-ring (bicyclic) bond motifs is 1. The number of amides is 1. The number of thioether (sulfide) groups is 1. The van der Waals surface area contributed by atoms with Gasteiger partial charge in [-0.1, -0.05) is 47.4 Å². The molecule has 3 heterocycles. The van der Waals surface area contributed by atoms with Gasteiger partial charge in [0, 0.05) is 23.7 Å². The van der Waals surface area contributed by atoms with E-state index >= 15 is 0 Å². The molecule has 0 fully saturated rings. The first kappa shape index (κ1) is 18.5. The van der Waals surface area contributed by atoms with Gasteiger partial charge in [0.25, 0.3) is 0 Å². The Balaban J connectivity index is 1.31. The first-order chi connectivity index (χ1) is 13.2. The van der Waals surface area contributed by atoms with E-state index in [0.717, 1.165) is 41.1 Å². The third-order valence-electron chi connectivity index (χ3n) is 4.41. The number of nitrogens with one attached hydrogen (secondary N) is 1. The van der Waals surface area contributed by atoms with Crippen LogP contribution in [0.1, 0.15) is 17.4 Å². The Bertz CT molecular complexity index is 909. The van der Waals surface area contributed by atoms with Crippen molar-refractivity contribution < 1.29 is 4.79 Å². The molecule has 5 nitrogen and oxygen atoms in total. The third kappa shape index (κ3) is 4.34. The van der Waals surface area contributed by atoms with Crippen molar-refractivity contribution in [3.63, 3.8) is 0 Å². The molecule has 1 atom stereocenters. The summed E-state index contributed by atoms with van der Waals surface area (Å²) < 4.78 is 0.821. The summed E-state index contributed by atoms with van der Waals surface area (Å²) in [6, 6.07) is 12.3. The average Bonchev–Trinajstić information content (AvgIpc) is 3.42. The molecule has 1 aromatic carbocycles. The van der Waals surface area contributed by atoms with Crippen molar-refractivity contribution in [3.05, 3.63) is 52.2 Å². The second kappa shape index (κ2) is 8.41. The summed E-state index contributed by atoms with van der Waals surface area (Å²) in [5, 5.41) is 14.4. The maximum absolute atomic E-state index is 12.9. The Morgan fingerprint density at radius 3 is 3.04 bits per heavy atom. The number of benzene rings is 1. The number of anilines is 2. The lowest BCUT2D eigenvalue weighted by molar-refractivity contribution is -0.117. The summed E-state index contributed by atoms with van der Waals surface area (Å²) >= 11 is 4.75. The molecule has 4 rings (SSSR count). The summed E-state index contributed by atoms with van der Waals surface area (Å²) in [4.78, 5) is 16.1. The zero-order chi connectivity index (χ0) is 18.6. The number of thiophene rings is 1. The van der Waals surface area contributed by atoms with Crippen molar-refractivity contribution in [2.75, 3.05) is 23.3 Å². The Hall–Kier alpha value is -1.90. The molecule has 0 spiro atoms. The molecule has 1 unspecified atom stereocenters. The number of hydrogen-bond acceptors (Lipinski definition) is 7. The number of carbonyl (C=O) groups is 1. The zero-order valence-electron chi connectivity index (χ0n) is 14.9. The van der Waals surface area contributed by atoms with Crippen LogP contribution in [0, 0.1) is 0 Å². The second-order valence-electron chi connectivity index (χ2n) is 6.26. The highest BCUT2D eigenvalue weighted by atomic mass is 32.2. The van der Waals surface area contributed by atoms with Crippen molar-refractivity contribution in [2.45, 2.75) is 29.4 Å². The quantitative estimate of drug-likeness (QED) is 0.581. The fourth-order valence-electron chi connectivity index (χ4n) is 3.06. The summed E-state index contributed by atoms with van der Waals surface area (Å²) in [5.41, 5.74) is 2.29. The summed E-state index contributed by atoms with van der Waals surface area (Å²) in [6.45, 7) is 3.53. The third-order valence-corrected chi connectivity index (χ3v) is 7.40. The van der Waals surface area contributed by atoms with Crippen LogP contribution in [0.2, 0.25) is 0 Å². The van der Waals surface area contributed by atoms with Crippen LogP contribution in [0.3, 0.4) is 0 Å². The lowest BCUT2D eigenvalue weighted by Gasteiger charge is -2.20. The number of carbonyl (C=O) groups excluding carboxylic acids is 1. The van der Waals surface area contributed by atoms with Gasteiger partial charge in [-0.15, -0.1) is 21.5 Å². The molecule has 27 heavy (non-hydrogen) atoms. The van der Waals surface area contributed by atoms with Gasteiger partial charge in [-0.05, 0) is 42.8 Å². The normalized spacial score (nSPS) is 14.2. The summed E-state index contributed by atoms with van der Waals surface area (Å²) in [5.74, 6) is 0.132. The van der Waals surface area contributed by atoms with E-state index in [0.29, 0.717) is 0 Å². The van der Waals surface area contributed by atoms with Crippen LogP contribution in [-0.4, -0.2) is 34.4 Å². The Kier molecular flexibility index (Phi) is 5.75. The van der Waals surface area contributed by atoms with Crippen LogP contribution in [-0.2, 0) is 17.6 Å². The van der Waals surface area contributed by atoms with Crippen molar-refractivity contribution >= 4 is 51.2 Å². The van der Waals surface area contributed by atoms with Crippen LogP contribution in [0.15, 0.2) is 46.1 Å². The van der Waals surface area contributed by atoms with Crippen molar-refractivity contribution in [2.24, 2.45) is 0 Å². The highest BCUT2D eigenvalue weighted by Crippen LogP contribution is 2.33. The monoisotopic (exact) mass is 416 g/mol. The van der Waals surface area contributed by atoms with Crippen LogP contribution in [0.5, 0.6) is 0 Å². The van der Waals surface area contributed by atoms with Gasteiger partial charge in [0.15, 0.2) is 4.34 Å². The van der Waals surface area contributed by atoms with E-state index in [4.69, 9.17) is 0 Å². The van der Waals surface area contributed by atoms with Crippen LogP contribution < -0.4 is 10.2 Å². The van der Waals surface area contributed by atoms with Crippen LogP contribution in [0.4, 0.5) is 10.8 Å². The maximum atomic E-state index is 12.9. The molecule has 1 aliphatic heterocycles. The zero-order valence-corrected chi connectivity index (χ0v) is 17.4. The topological polar surface area (TPSA) is 58.1 Å². The van der Waals surface area contributed by atoms with Crippen molar-refractivity contribution in [3.8, 4) is 0 Å². The minimum Gasteiger partial charge on any atom is -0.360 e. The predicted molar refractivity (Wildman–Crippen MR) is 114 cm³/mol. The maximum Gasteiger partial charge on any atom is 0.240 e. The Labute approximate surface area is 170 Å². The minimum atomic E-state index is -0.192. The minimum absolute atomic E-state index is 0.132. The van der Waals surface area contributed by atoms with Gasteiger partial charge in [-0.25, -0.2) is 0 Å². The van der Waals surface area contributed by atoms with E-state index in [1.165, 1.54) is 33.5 Å². The van der Waals surface area contributed by atoms with Gasteiger partial charge in [0.2, 0.25) is 11.0 Å². The second-order valence-corrected chi connectivity index (χ2v) is 9.86. The van der Waals surface area contributed by atoms with E-state index < -0.39 is 0 Å². The number of para-hydroxylation sites is 1. The van der Waals surface area contributed by atoms with Crippen molar-refractivity contribution in [1.82, 2.24) is 10.2 Å². The fourth-order valence-corrected chi connectivity index (χ4v) is 5.76. The Morgan fingerprint density at radius 2 is 2.19 bits per heavy atom. The summed E-state index contributed by atoms with van der Waals surface area (Å²) in [7, 11) is 0. The molecular formula is C19H20N4OS3. The molecule has 0 aliphatic carbocycles. The molecule has 0 saturated carbocycles. The van der Waals surface area contributed by atoms with Gasteiger partial charge >= 0.3 is 0 Å². The van der Waals surface area contributed by atoms with Crippen LogP contribution in [0.25, 0.3) is 0 Å². The smallest absolute Gasteiger partial charge is 0.240 e. The standard InChI is InChI=1S/C19H20N4OS3/c1-13(17(24)23-11-9-14-5-2-3-7-16(14)23)26-19-22-21-18(27-19)20-10-8-15-6-4-12-25-15/h2-7,12-13H,8-11H2,1H3,(H,20,21). The molecule has 2 aromatic heterocycles. The van der Waals surface area contributed by atoms with Gasteiger partial charge < -0.3 is 10.2 Å². The number of rotatable bonds is 7. The first-order valence-electron chi connectivity index (χ1n) is 8.86. The fraction of sp³-hybridized carbons (Fsp3) is 0.316. The number of aromatic nitrogens is 2. The van der Waals surface area contributed by atoms with Gasteiger partial charge in [0.05, 0.1) is 5.25 Å². The molecule has 0 radical (unpaired) electrons. The molecule has 8 heteroatoms. The molecule has 140 valence electrons. The molecule has 1 aliphatic rings. The highest BCUT2D eigenvalue weighted by Gasteiger charge is 2.28. The lowest BCUT2D eigenvalue weighted by atomic mass is 10.2. The molecular weight excluding hydrogens is 396 g/mol. The SMILES string of the molecule is CC(Sc1nnc(NCCc2cccs2)s1)C(=O)N1CCc2ccccc21. The van der Waals surface area contributed by atoms with E-state index in [9.17, 15) is 4.79 Å². The van der Waals surface area contributed by atoms with Gasteiger partial charge in [0.1, 0.15) is 0 Å². The van der Waals surface area contributed by atoms with Crippen LogP contribution >= 0.6 is 34.4 Å².